The maximum atomic E-state index is 12.7. The van der Waals surface area contributed by atoms with Crippen molar-refractivity contribution in [3.63, 3.8) is 0 Å². The van der Waals surface area contributed by atoms with Crippen molar-refractivity contribution >= 4 is 5.91 Å². The second-order valence-electron chi connectivity index (χ2n) is 25.3. The lowest BCUT2D eigenvalue weighted by atomic mass is 10.00. The Morgan fingerprint density at radius 1 is 0.300 bits per heavy atom. The monoisotopic (exact) mass is 1130 g/mol. The molecule has 4 atom stereocenters. The molecule has 6 nitrogen and oxygen atoms in total. The molecule has 0 rings (SSSR count). The first-order valence-corrected chi connectivity index (χ1v) is 36.4. The van der Waals surface area contributed by atoms with Crippen LogP contribution in [0.4, 0.5) is 0 Å². The van der Waals surface area contributed by atoms with Crippen LogP contribution in [0, 0.1) is 0 Å². The number of aliphatic hydroxyl groups excluding tert-OH is 4. The van der Waals surface area contributed by atoms with Gasteiger partial charge in [0.05, 0.1) is 18.8 Å². The lowest BCUT2D eigenvalue weighted by molar-refractivity contribution is -0.132. The first-order chi connectivity index (χ1) is 39.5. The summed E-state index contributed by atoms with van der Waals surface area (Å²) in [6.45, 7) is 4.09. The van der Waals surface area contributed by atoms with Crippen molar-refractivity contribution in [1.29, 1.82) is 0 Å². The molecule has 474 valence electrons. The molecule has 0 aromatic rings. The van der Waals surface area contributed by atoms with Crippen LogP contribution in [0.3, 0.4) is 0 Å². The third-order valence-corrected chi connectivity index (χ3v) is 17.3. The van der Waals surface area contributed by atoms with Crippen LogP contribution in [-0.2, 0) is 4.79 Å². The Bertz CT molecular complexity index is 1270. The molecule has 0 saturated heterocycles. The first-order valence-electron chi connectivity index (χ1n) is 36.4. The minimum Gasteiger partial charge on any atom is -0.394 e. The third kappa shape index (κ3) is 61.1. The van der Waals surface area contributed by atoms with Crippen molar-refractivity contribution < 1.29 is 25.2 Å². The van der Waals surface area contributed by atoms with Crippen molar-refractivity contribution in [3.8, 4) is 0 Å². The predicted octanol–water partition coefficient (Wildman–Crippen LogP) is 22.7. The maximum absolute atomic E-state index is 12.7. The van der Waals surface area contributed by atoms with E-state index in [1.54, 1.807) is 0 Å². The topological polar surface area (TPSA) is 110 Å². The maximum Gasteiger partial charge on any atom is 0.249 e. The summed E-state index contributed by atoms with van der Waals surface area (Å²) >= 11 is 0. The van der Waals surface area contributed by atoms with Crippen LogP contribution in [0.25, 0.3) is 0 Å². The molecule has 1 amide bonds. The SMILES string of the molecule is CCCCCCCCCCCCCCCCC/C=C/CC/C=C/CC/C=C/CCCC(O)C(O)C(CO)NC(=O)C(O)CCCCCCCCCCCCCCCCCCCCCCCCCCCCCCCCCCCCCC. The molecule has 80 heavy (non-hydrogen) atoms. The highest BCUT2D eigenvalue weighted by molar-refractivity contribution is 5.80. The van der Waals surface area contributed by atoms with Crippen LogP contribution in [-0.4, -0.2) is 57.3 Å². The fourth-order valence-electron chi connectivity index (χ4n) is 11.7. The highest BCUT2D eigenvalue weighted by atomic mass is 16.3. The number of carbonyl (C=O) groups excluding carboxylic acids is 1. The molecule has 0 saturated carbocycles. The largest absolute Gasteiger partial charge is 0.394 e. The number of allylic oxidation sites excluding steroid dienone is 6. The minimum absolute atomic E-state index is 0.362. The summed E-state index contributed by atoms with van der Waals surface area (Å²) in [5.41, 5.74) is 0. The van der Waals surface area contributed by atoms with E-state index >= 15 is 0 Å². The molecule has 0 aromatic carbocycles. The number of amides is 1. The fourth-order valence-corrected chi connectivity index (χ4v) is 11.7. The zero-order valence-electron chi connectivity index (χ0n) is 54.1. The van der Waals surface area contributed by atoms with E-state index in [9.17, 15) is 25.2 Å². The Balaban J connectivity index is 3.56. The van der Waals surface area contributed by atoms with Crippen molar-refractivity contribution in [1.82, 2.24) is 5.32 Å². The minimum atomic E-state index is -1.29. The number of carbonyl (C=O) groups is 1. The van der Waals surface area contributed by atoms with E-state index < -0.39 is 36.9 Å². The lowest BCUT2D eigenvalue weighted by Gasteiger charge is -2.27. The fraction of sp³-hybridized carbons (Fsp3) is 0.905. The number of aliphatic hydroxyl groups is 4. The van der Waals surface area contributed by atoms with Gasteiger partial charge in [-0.2, -0.15) is 0 Å². The second kappa shape index (κ2) is 68.3. The van der Waals surface area contributed by atoms with Gasteiger partial charge in [0.25, 0.3) is 0 Å². The van der Waals surface area contributed by atoms with Gasteiger partial charge >= 0.3 is 0 Å². The summed E-state index contributed by atoms with van der Waals surface area (Å²) in [4.78, 5) is 12.7. The van der Waals surface area contributed by atoms with Gasteiger partial charge in [0.2, 0.25) is 5.91 Å². The molecule has 0 aromatic heterocycles. The van der Waals surface area contributed by atoms with E-state index in [2.05, 4.69) is 55.6 Å². The molecule has 6 heteroatoms. The molecule has 0 aliphatic heterocycles. The van der Waals surface area contributed by atoms with Gasteiger partial charge in [-0.25, -0.2) is 0 Å². The molecular weight excluding hydrogens is 983 g/mol. The smallest absolute Gasteiger partial charge is 0.249 e. The molecule has 4 unspecified atom stereocenters. The summed E-state index contributed by atoms with van der Waals surface area (Å²) in [5.74, 6) is -0.592. The van der Waals surface area contributed by atoms with E-state index in [4.69, 9.17) is 0 Å². The van der Waals surface area contributed by atoms with E-state index in [0.717, 1.165) is 51.4 Å². The average Bonchev–Trinajstić information content (AvgIpc) is 3.46. The van der Waals surface area contributed by atoms with Gasteiger partial charge in [0.1, 0.15) is 12.2 Å². The van der Waals surface area contributed by atoms with E-state index in [1.807, 2.05) is 0 Å². The number of rotatable bonds is 68. The van der Waals surface area contributed by atoms with Crippen molar-refractivity contribution in [3.05, 3.63) is 36.5 Å². The zero-order valence-corrected chi connectivity index (χ0v) is 54.1. The molecule has 5 N–H and O–H groups in total. The Kier molecular flexibility index (Phi) is 67.1. The number of hydrogen-bond donors (Lipinski definition) is 5. The lowest BCUT2D eigenvalue weighted by Crippen LogP contribution is -2.53. The molecular formula is C74H143NO5. The zero-order chi connectivity index (χ0) is 58.0. The van der Waals surface area contributed by atoms with E-state index in [-0.39, 0.29) is 0 Å². The van der Waals surface area contributed by atoms with Crippen LogP contribution in [0.1, 0.15) is 399 Å². The van der Waals surface area contributed by atoms with Crippen LogP contribution in [0.15, 0.2) is 36.5 Å². The van der Waals surface area contributed by atoms with Crippen LogP contribution in [0.5, 0.6) is 0 Å². The standard InChI is InChI=1S/C74H143NO5/c1-3-5-7-9-11-13-15-17-19-21-23-25-27-29-31-33-34-35-36-37-38-39-40-42-44-46-48-50-52-54-56-58-60-62-64-66-68-72(78)74(80)75-70(69-76)73(79)71(77)67-65-63-61-59-57-55-53-51-49-47-45-43-41-32-30-28-26-24-22-20-18-16-14-12-10-8-6-4-2/h43,45,51,53,59,61,70-73,76-79H,3-42,44,46-50,52,54-58,60,62-69H2,1-2H3,(H,75,80)/b45-43+,53-51+,61-59+. The van der Waals surface area contributed by atoms with Crippen molar-refractivity contribution in [2.75, 3.05) is 6.61 Å². The van der Waals surface area contributed by atoms with Crippen molar-refractivity contribution in [2.45, 2.75) is 423 Å². The van der Waals surface area contributed by atoms with Gasteiger partial charge in [-0.1, -0.05) is 371 Å². The van der Waals surface area contributed by atoms with Crippen LogP contribution < -0.4 is 5.32 Å². The summed E-state index contributed by atoms with van der Waals surface area (Å²) < 4.78 is 0. The molecule has 0 bridgehead atoms. The highest BCUT2D eigenvalue weighted by Gasteiger charge is 2.28. The molecule has 0 fully saturated rings. The van der Waals surface area contributed by atoms with Crippen molar-refractivity contribution in [2.24, 2.45) is 0 Å². The molecule has 0 radical (unpaired) electrons. The van der Waals surface area contributed by atoms with Gasteiger partial charge in [0.15, 0.2) is 0 Å². The summed E-state index contributed by atoms with van der Waals surface area (Å²) in [5, 5.41) is 44.2. The Morgan fingerprint density at radius 2 is 0.525 bits per heavy atom. The number of nitrogens with one attached hydrogen (secondary N) is 1. The van der Waals surface area contributed by atoms with Gasteiger partial charge < -0.3 is 25.7 Å². The van der Waals surface area contributed by atoms with E-state index in [1.165, 1.54) is 315 Å². The van der Waals surface area contributed by atoms with Gasteiger partial charge in [-0.3, -0.25) is 4.79 Å². The highest BCUT2D eigenvalue weighted by Crippen LogP contribution is 2.20. The Morgan fingerprint density at radius 3 is 0.787 bits per heavy atom. The number of unbranched alkanes of at least 4 members (excludes halogenated alkanes) is 53. The second-order valence-corrected chi connectivity index (χ2v) is 25.3. The first kappa shape index (κ1) is 78.5. The summed E-state index contributed by atoms with van der Waals surface area (Å²) in [6.07, 6.45) is 88.7. The molecule has 0 spiro atoms. The Labute approximate surface area is 500 Å². The summed E-state index contributed by atoms with van der Waals surface area (Å²) in [7, 11) is 0. The Hall–Kier alpha value is -1.47. The van der Waals surface area contributed by atoms with Crippen LogP contribution >= 0.6 is 0 Å². The van der Waals surface area contributed by atoms with Gasteiger partial charge in [0, 0.05) is 0 Å². The van der Waals surface area contributed by atoms with Gasteiger partial charge in [-0.05, 0) is 64.2 Å². The normalized spacial score (nSPS) is 13.6. The van der Waals surface area contributed by atoms with E-state index in [0.29, 0.717) is 19.3 Å². The number of hydrogen-bond acceptors (Lipinski definition) is 5. The quantitative estimate of drug-likeness (QED) is 0.0308. The van der Waals surface area contributed by atoms with Gasteiger partial charge in [-0.15, -0.1) is 0 Å². The average molecular weight is 1130 g/mol. The predicted molar refractivity (Wildman–Crippen MR) is 353 cm³/mol. The molecule has 0 heterocycles. The molecule has 0 aliphatic rings. The van der Waals surface area contributed by atoms with Crippen LogP contribution in [0.2, 0.25) is 0 Å². The summed E-state index contributed by atoms with van der Waals surface area (Å²) in [6, 6.07) is -1.01. The third-order valence-electron chi connectivity index (χ3n) is 17.3. The molecule has 0 aliphatic carbocycles.